The Bertz CT molecular complexity index is 543. The van der Waals surface area contributed by atoms with Crippen LogP contribution >= 0.6 is 23.2 Å². The standard InChI is InChI=1S/C14H19Cl2N3O2/c1-18-11(9-10(15)13(18)16)14(21)17-6-8-19-7-4-2-3-5-12(19)20/h9H,2-8H2,1H3,(H,17,21). The first kappa shape index (κ1) is 16.2. The van der Waals surface area contributed by atoms with Gasteiger partial charge in [-0.1, -0.05) is 29.6 Å². The van der Waals surface area contributed by atoms with Gasteiger partial charge in [0.05, 0.1) is 5.02 Å². The second-order valence-corrected chi connectivity index (χ2v) is 5.94. The minimum absolute atomic E-state index is 0.173. The molecule has 1 aromatic rings. The van der Waals surface area contributed by atoms with E-state index in [1.54, 1.807) is 7.05 Å². The summed E-state index contributed by atoms with van der Waals surface area (Å²) in [4.78, 5) is 25.7. The number of aromatic nitrogens is 1. The van der Waals surface area contributed by atoms with Gasteiger partial charge in [0.1, 0.15) is 10.8 Å². The van der Waals surface area contributed by atoms with E-state index in [1.807, 2.05) is 4.90 Å². The lowest BCUT2D eigenvalue weighted by Gasteiger charge is -2.20. The number of rotatable bonds is 4. The Morgan fingerprint density at radius 1 is 1.33 bits per heavy atom. The van der Waals surface area contributed by atoms with E-state index in [4.69, 9.17) is 23.2 Å². The van der Waals surface area contributed by atoms with Crippen LogP contribution in [0.25, 0.3) is 0 Å². The molecule has 1 aromatic heterocycles. The topological polar surface area (TPSA) is 54.3 Å². The van der Waals surface area contributed by atoms with E-state index >= 15 is 0 Å². The molecule has 0 saturated carbocycles. The van der Waals surface area contributed by atoms with Gasteiger partial charge >= 0.3 is 0 Å². The summed E-state index contributed by atoms with van der Waals surface area (Å²) >= 11 is 11.8. The second-order valence-electron chi connectivity index (χ2n) is 5.17. The molecule has 0 aliphatic carbocycles. The Kier molecular flexibility index (Phi) is 5.53. The molecule has 21 heavy (non-hydrogen) atoms. The number of halogens is 2. The Balaban J connectivity index is 1.86. The summed E-state index contributed by atoms with van der Waals surface area (Å²) in [6.07, 6.45) is 3.69. The first-order valence-electron chi connectivity index (χ1n) is 7.07. The molecule has 0 aromatic carbocycles. The number of hydrogen-bond acceptors (Lipinski definition) is 2. The first-order valence-corrected chi connectivity index (χ1v) is 7.83. The van der Waals surface area contributed by atoms with Gasteiger partial charge in [0.25, 0.3) is 5.91 Å². The summed E-state index contributed by atoms with van der Waals surface area (Å²) in [7, 11) is 1.68. The molecule has 0 spiro atoms. The van der Waals surface area contributed by atoms with E-state index in [0.29, 0.717) is 35.4 Å². The molecular formula is C14H19Cl2N3O2. The zero-order chi connectivity index (χ0) is 15.4. The van der Waals surface area contributed by atoms with Crippen LogP contribution in [0.2, 0.25) is 10.2 Å². The molecule has 0 radical (unpaired) electrons. The molecule has 2 rings (SSSR count). The number of hydrogen-bond donors (Lipinski definition) is 1. The third-order valence-corrected chi connectivity index (χ3v) is 4.53. The molecule has 1 aliphatic heterocycles. The van der Waals surface area contributed by atoms with Crippen molar-refractivity contribution in [3.8, 4) is 0 Å². The van der Waals surface area contributed by atoms with Crippen molar-refractivity contribution in [1.29, 1.82) is 0 Å². The van der Waals surface area contributed by atoms with Crippen molar-refractivity contribution in [2.24, 2.45) is 7.05 Å². The highest BCUT2D eigenvalue weighted by Crippen LogP contribution is 2.24. The predicted octanol–water partition coefficient (Wildman–Crippen LogP) is 2.46. The zero-order valence-electron chi connectivity index (χ0n) is 12.0. The van der Waals surface area contributed by atoms with Gasteiger partial charge in [-0.2, -0.15) is 0 Å². The summed E-state index contributed by atoms with van der Waals surface area (Å²) in [5.41, 5.74) is 0.409. The second kappa shape index (κ2) is 7.18. The smallest absolute Gasteiger partial charge is 0.268 e. The summed E-state index contributed by atoms with van der Waals surface area (Å²) < 4.78 is 1.54. The number of nitrogens with zero attached hydrogens (tertiary/aromatic N) is 2. The summed E-state index contributed by atoms with van der Waals surface area (Å²) in [6, 6.07) is 1.54. The van der Waals surface area contributed by atoms with Gasteiger partial charge in [-0.15, -0.1) is 0 Å². The van der Waals surface area contributed by atoms with Crippen LogP contribution in [0, 0.1) is 0 Å². The van der Waals surface area contributed by atoms with E-state index in [2.05, 4.69) is 5.32 Å². The third kappa shape index (κ3) is 3.92. The molecule has 0 unspecified atom stereocenters. The van der Waals surface area contributed by atoms with Gasteiger partial charge in [-0.3, -0.25) is 9.59 Å². The number of carbonyl (C=O) groups is 2. The molecule has 2 amide bonds. The van der Waals surface area contributed by atoms with E-state index in [-0.39, 0.29) is 11.8 Å². The van der Waals surface area contributed by atoms with Crippen LogP contribution in [0.3, 0.4) is 0 Å². The fraction of sp³-hybridized carbons (Fsp3) is 0.571. The summed E-state index contributed by atoms with van der Waals surface area (Å²) in [5, 5.41) is 3.49. The fourth-order valence-electron chi connectivity index (χ4n) is 2.43. The van der Waals surface area contributed by atoms with E-state index in [0.717, 1.165) is 25.8 Å². The zero-order valence-corrected chi connectivity index (χ0v) is 13.5. The van der Waals surface area contributed by atoms with Gasteiger partial charge < -0.3 is 14.8 Å². The lowest BCUT2D eigenvalue weighted by atomic mass is 10.2. The van der Waals surface area contributed by atoms with E-state index in [1.165, 1.54) is 10.6 Å². The molecule has 1 N–H and O–H groups in total. The fourth-order valence-corrected chi connectivity index (χ4v) is 2.81. The van der Waals surface area contributed by atoms with Crippen molar-refractivity contribution in [2.45, 2.75) is 25.7 Å². The molecule has 116 valence electrons. The van der Waals surface area contributed by atoms with Crippen molar-refractivity contribution < 1.29 is 9.59 Å². The average Bonchev–Trinajstić information content (AvgIpc) is 2.63. The largest absolute Gasteiger partial charge is 0.349 e. The van der Waals surface area contributed by atoms with Crippen LogP contribution in [0.5, 0.6) is 0 Å². The Labute approximate surface area is 134 Å². The molecule has 1 fully saturated rings. The van der Waals surface area contributed by atoms with Crippen LogP contribution < -0.4 is 5.32 Å². The molecule has 5 nitrogen and oxygen atoms in total. The number of nitrogens with one attached hydrogen (secondary N) is 1. The van der Waals surface area contributed by atoms with Crippen molar-refractivity contribution in [3.63, 3.8) is 0 Å². The maximum Gasteiger partial charge on any atom is 0.268 e. The van der Waals surface area contributed by atoms with Crippen LogP contribution in [0.15, 0.2) is 6.07 Å². The minimum atomic E-state index is -0.242. The van der Waals surface area contributed by atoms with Crippen LogP contribution in [0.1, 0.15) is 36.2 Å². The summed E-state index contributed by atoms with van der Waals surface area (Å²) in [6.45, 7) is 1.73. The molecular weight excluding hydrogens is 313 g/mol. The Hall–Kier alpha value is -1.20. The molecule has 0 bridgehead atoms. The van der Waals surface area contributed by atoms with Gasteiger partial charge in [0.2, 0.25) is 5.91 Å². The van der Waals surface area contributed by atoms with Crippen LogP contribution in [-0.4, -0.2) is 40.9 Å². The first-order chi connectivity index (χ1) is 10.0. The van der Waals surface area contributed by atoms with E-state index < -0.39 is 0 Å². The molecule has 1 aliphatic rings. The van der Waals surface area contributed by atoms with Gasteiger partial charge in [-0.05, 0) is 18.9 Å². The van der Waals surface area contributed by atoms with Gasteiger partial charge in [-0.25, -0.2) is 0 Å². The Morgan fingerprint density at radius 2 is 2.10 bits per heavy atom. The number of carbonyl (C=O) groups excluding carboxylic acids is 2. The van der Waals surface area contributed by atoms with Crippen LogP contribution in [0.4, 0.5) is 0 Å². The molecule has 2 heterocycles. The lowest BCUT2D eigenvalue weighted by molar-refractivity contribution is -0.130. The SMILES string of the molecule is Cn1c(C(=O)NCCN2CCCCCC2=O)cc(Cl)c1Cl. The van der Waals surface area contributed by atoms with Crippen molar-refractivity contribution in [1.82, 2.24) is 14.8 Å². The lowest BCUT2D eigenvalue weighted by Crippen LogP contribution is -2.38. The maximum atomic E-state index is 12.1. The molecule has 1 saturated heterocycles. The monoisotopic (exact) mass is 331 g/mol. The van der Waals surface area contributed by atoms with Gasteiger partial charge in [0.15, 0.2) is 0 Å². The normalized spacial score (nSPS) is 16.0. The van der Waals surface area contributed by atoms with Crippen LogP contribution in [-0.2, 0) is 11.8 Å². The average molecular weight is 332 g/mol. The molecule has 0 atom stereocenters. The highest BCUT2D eigenvalue weighted by atomic mass is 35.5. The highest BCUT2D eigenvalue weighted by molar-refractivity contribution is 6.41. The predicted molar refractivity (Wildman–Crippen MR) is 82.8 cm³/mol. The molecule has 7 heteroatoms. The summed E-state index contributed by atoms with van der Waals surface area (Å²) in [5.74, 6) is -0.0692. The minimum Gasteiger partial charge on any atom is -0.349 e. The number of likely N-dealkylation sites (tertiary alicyclic amines) is 1. The van der Waals surface area contributed by atoms with Crippen molar-refractivity contribution in [3.05, 3.63) is 21.9 Å². The highest BCUT2D eigenvalue weighted by Gasteiger charge is 2.18. The maximum absolute atomic E-state index is 12.1. The number of amides is 2. The van der Waals surface area contributed by atoms with Crippen molar-refractivity contribution in [2.75, 3.05) is 19.6 Å². The van der Waals surface area contributed by atoms with Crippen molar-refractivity contribution >= 4 is 35.0 Å². The quantitative estimate of drug-likeness (QED) is 0.921. The van der Waals surface area contributed by atoms with Gasteiger partial charge in [0, 0.05) is 33.1 Å². The van der Waals surface area contributed by atoms with E-state index in [9.17, 15) is 9.59 Å². The Morgan fingerprint density at radius 3 is 2.76 bits per heavy atom. The third-order valence-electron chi connectivity index (χ3n) is 3.69.